The van der Waals surface area contributed by atoms with E-state index in [4.69, 9.17) is 5.73 Å². The average Bonchev–Trinajstić information content (AvgIpc) is 2.49. The Labute approximate surface area is 120 Å². The molecular weight excluding hydrogens is 232 g/mol. The maximum atomic E-state index is 6.35. The lowest BCUT2D eigenvalue weighted by Crippen LogP contribution is -2.63. The second kappa shape index (κ2) is 7.08. The highest BCUT2D eigenvalue weighted by Gasteiger charge is 2.45. The summed E-state index contributed by atoms with van der Waals surface area (Å²) in [6.07, 6.45) is 14.0. The van der Waals surface area contributed by atoms with Gasteiger partial charge in [-0.25, -0.2) is 0 Å². The van der Waals surface area contributed by atoms with Crippen molar-refractivity contribution < 1.29 is 0 Å². The van der Waals surface area contributed by atoms with Crippen molar-refractivity contribution in [1.82, 2.24) is 4.90 Å². The van der Waals surface area contributed by atoms with Gasteiger partial charge in [-0.3, -0.25) is 4.90 Å². The first-order valence-corrected chi connectivity index (χ1v) is 8.75. The largest absolute Gasteiger partial charge is 0.329 e. The molecular formula is C17H34N2. The highest BCUT2D eigenvalue weighted by atomic mass is 15.2. The normalized spacial score (nSPS) is 33.8. The summed E-state index contributed by atoms with van der Waals surface area (Å²) < 4.78 is 0. The quantitative estimate of drug-likeness (QED) is 0.816. The molecule has 112 valence electrons. The van der Waals surface area contributed by atoms with Crippen molar-refractivity contribution >= 4 is 0 Å². The number of hydrogen-bond acceptors (Lipinski definition) is 2. The highest BCUT2D eigenvalue weighted by Crippen LogP contribution is 2.42. The van der Waals surface area contributed by atoms with Crippen LogP contribution in [0.1, 0.15) is 78.1 Å². The number of likely N-dealkylation sites (N-methyl/N-ethyl adjacent to an activating group) is 1. The molecule has 2 fully saturated rings. The van der Waals surface area contributed by atoms with Crippen LogP contribution in [0.3, 0.4) is 0 Å². The molecule has 0 saturated heterocycles. The second-order valence-corrected chi connectivity index (χ2v) is 6.74. The van der Waals surface area contributed by atoms with Gasteiger partial charge < -0.3 is 5.73 Å². The lowest BCUT2D eigenvalue weighted by Gasteiger charge is -2.54. The molecule has 2 atom stereocenters. The monoisotopic (exact) mass is 266 g/mol. The van der Waals surface area contributed by atoms with Crippen LogP contribution in [0, 0.1) is 5.92 Å². The minimum absolute atomic E-state index is 0.323. The van der Waals surface area contributed by atoms with Crippen LogP contribution in [0.2, 0.25) is 0 Å². The third-order valence-electron chi connectivity index (χ3n) is 5.95. The van der Waals surface area contributed by atoms with E-state index < -0.39 is 0 Å². The molecule has 0 aromatic heterocycles. The first-order chi connectivity index (χ1) is 9.28. The molecule has 0 amide bonds. The van der Waals surface area contributed by atoms with Gasteiger partial charge in [0, 0.05) is 18.1 Å². The van der Waals surface area contributed by atoms with E-state index in [1.165, 1.54) is 70.8 Å². The molecule has 0 bridgehead atoms. The Morgan fingerprint density at radius 2 is 1.68 bits per heavy atom. The predicted molar refractivity (Wildman–Crippen MR) is 83.3 cm³/mol. The Kier molecular flexibility index (Phi) is 5.70. The van der Waals surface area contributed by atoms with Gasteiger partial charge in [0.1, 0.15) is 0 Å². The van der Waals surface area contributed by atoms with Crippen LogP contribution in [0.4, 0.5) is 0 Å². The molecule has 2 unspecified atom stereocenters. The Balaban J connectivity index is 2.19. The molecule has 0 aromatic carbocycles. The van der Waals surface area contributed by atoms with Crippen LogP contribution >= 0.6 is 0 Å². The number of rotatable bonds is 5. The summed E-state index contributed by atoms with van der Waals surface area (Å²) in [5, 5.41) is 0. The van der Waals surface area contributed by atoms with Crippen LogP contribution in [0.25, 0.3) is 0 Å². The Morgan fingerprint density at radius 3 is 2.26 bits per heavy atom. The van der Waals surface area contributed by atoms with Gasteiger partial charge in [0.05, 0.1) is 0 Å². The topological polar surface area (TPSA) is 29.3 Å². The standard InChI is InChI=1S/C17H34N2/c1-3-15-10-8-9-13-17(15,14-18)19(4-2)16-11-6-5-7-12-16/h15-16H,3-14,18H2,1-2H3. The Hall–Kier alpha value is -0.0800. The zero-order valence-corrected chi connectivity index (χ0v) is 13.2. The Morgan fingerprint density at radius 1 is 1.00 bits per heavy atom. The fourth-order valence-corrected chi connectivity index (χ4v) is 4.97. The fraction of sp³-hybridized carbons (Fsp3) is 1.00. The van der Waals surface area contributed by atoms with E-state index in [2.05, 4.69) is 18.7 Å². The van der Waals surface area contributed by atoms with Crippen molar-refractivity contribution in [2.45, 2.75) is 89.6 Å². The van der Waals surface area contributed by atoms with Gasteiger partial charge in [-0.15, -0.1) is 0 Å². The molecule has 0 spiro atoms. The van der Waals surface area contributed by atoms with Crippen molar-refractivity contribution in [2.75, 3.05) is 13.1 Å². The molecule has 0 aliphatic heterocycles. The van der Waals surface area contributed by atoms with Crippen molar-refractivity contribution in [3.63, 3.8) is 0 Å². The van der Waals surface area contributed by atoms with Gasteiger partial charge in [0.2, 0.25) is 0 Å². The smallest absolute Gasteiger partial charge is 0.0362 e. The zero-order valence-electron chi connectivity index (χ0n) is 13.2. The highest BCUT2D eigenvalue weighted by molar-refractivity contribution is 5.01. The summed E-state index contributed by atoms with van der Waals surface area (Å²) >= 11 is 0. The lowest BCUT2D eigenvalue weighted by atomic mass is 9.69. The van der Waals surface area contributed by atoms with Gasteiger partial charge in [0.15, 0.2) is 0 Å². The molecule has 2 N–H and O–H groups in total. The molecule has 0 radical (unpaired) electrons. The van der Waals surface area contributed by atoms with E-state index in [9.17, 15) is 0 Å². The molecule has 2 saturated carbocycles. The van der Waals surface area contributed by atoms with Crippen molar-refractivity contribution in [3.8, 4) is 0 Å². The fourth-order valence-electron chi connectivity index (χ4n) is 4.97. The average molecular weight is 266 g/mol. The van der Waals surface area contributed by atoms with Crippen LogP contribution in [-0.2, 0) is 0 Å². The molecule has 0 aromatic rings. The second-order valence-electron chi connectivity index (χ2n) is 6.74. The third kappa shape index (κ3) is 3.00. The zero-order chi connectivity index (χ0) is 13.7. The van der Waals surface area contributed by atoms with Gasteiger partial charge in [0.25, 0.3) is 0 Å². The summed E-state index contributed by atoms with van der Waals surface area (Å²) in [7, 11) is 0. The van der Waals surface area contributed by atoms with E-state index in [0.717, 1.165) is 18.5 Å². The third-order valence-corrected chi connectivity index (χ3v) is 5.95. The van der Waals surface area contributed by atoms with E-state index in [1.807, 2.05) is 0 Å². The van der Waals surface area contributed by atoms with Crippen molar-refractivity contribution in [1.29, 1.82) is 0 Å². The molecule has 2 aliphatic rings. The van der Waals surface area contributed by atoms with E-state index in [1.54, 1.807) is 0 Å². The van der Waals surface area contributed by atoms with Crippen LogP contribution < -0.4 is 5.73 Å². The van der Waals surface area contributed by atoms with Crippen LogP contribution in [0.5, 0.6) is 0 Å². The minimum atomic E-state index is 0.323. The summed E-state index contributed by atoms with van der Waals surface area (Å²) in [5.74, 6) is 0.827. The summed E-state index contributed by atoms with van der Waals surface area (Å²) in [5.41, 5.74) is 6.67. The maximum Gasteiger partial charge on any atom is 0.0362 e. The van der Waals surface area contributed by atoms with Gasteiger partial charge in [-0.05, 0) is 38.1 Å². The summed E-state index contributed by atoms with van der Waals surface area (Å²) in [6, 6.07) is 0.814. The SMILES string of the molecule is CCC1CCCCC1(CN)N(CC)C1CCCCC1. The van der Waals surface area contributed by atoms with E-state index in [0.29, 0.717) is 5.54 Å². The van der Waals surface area contributed by atoms with E-state index in [-0.39, 0.29) is 0 Å². The summed E-state index contributed by atoms with van der Waals surface area (Å²) in [6.45, 7) is 6.79. The van der Waals surface area contributed by atoms with Gasteiger partial charge >= 0.3 is 0 Å². The minimum Gasteiger partial charge on any atom is -0.329 e. The molecule has 2 rings (SSSR count). The molecule has 2 aliphatic carbocycles. The van der Waals surface area contributed by atoms with Crippen LogP contribution in [-0.4, -0.2) is 29.6 Å². The molecule has 0 heterocycles. The number of hydrogen-bond donors (Lipinski definition) is 1. The van der Waals surface area contributed by atoms with E-state index >= 15 is 0 Å². The summed E-state index contributed by atoms with van der Waals surface area (Å²) in [4.78, 5) is 2.85. The Bertz CT molecular complexity index is 260. The lowest BCUT2D eigenvalue weighted by molar-refractivity contribution is -0.0323. The molecule has 2 nitrogen and oxygen atoms in total. The van der Waals surface area contributed by atoms with Gasteiger partial charge in [-0.1, -0.05) is 52.4 Å². The molecule has 19 heavy (non-hydrogen) atoms. The van der Waals surface area contributed by atoms with Crippen molar-refractivity contribution in [2.24, 2.45) is 11.7 Å². The number of nitrogens with zero attached hydrogens (tertiary/aromatic N) is 1. The first-order valence-electron chi connectivity index (χ1n) is 8.75. The van der Waals surface area contributed by atoms with Crippen LogP contribution in [0.15, 0.2) is 0 Å². The predicted octanol–water partition coefficient (Wildman–Crippen LogP) is 3.94. The van der Waals surface area contributed by atoms with Crippen molar-refractivity contribution in [3.05, 3.63) is 0 Å². The van der Waals surface area contributed by atoms with Gasteiger partial charge in [-0.2, -0.15) is 0 Å². The number of nitrogens with two attached hydrogens (primary N) is 1. The maximum absolute atomic E-state index is 6.35. The first kappa shape index (κ1) is 15.3. The molecule has 2 heteroatoms.